The molecule has 20 heavy (non-hydrogen) atoms. The fraction of sp³-hybridized carbons (Fsp3) is 0.429. The summed E-state index contributed by atoms with van der Waals surface area (Å²) in [6.07, 6.45) is 0.333. The van der Waals surface area contributed by atoms with Crippen LogP contribution in [0.4, 0.5) is 5.69 Å². The van der Waals surface area contributed by atoms with Gasteiger partial charge in [-0.15, -0.1) is 0 Å². The molecule has 0 spiro atoms. The number of carboxylic acid groups (broad SMARTS) is 1. The van der Waals surface area contributed by atoms with Crippen LogP contribution in [0.15, 0.2) is 18.2 Å². The van der Waals surface area contributed by atoms with Crippen molar-refractivity contribution in [3.8, 4) is 0 Å². The molecule has 1 heterocycles. The summed E-state index contributed by atoms with van der Waals surface area (Å²) >= 11 is 0. The molecular formula is C14H18N2O4. The molecule has 1 saturated heterocycles. The van der Waals surface area contributed by atoms with Gasteiger partial charge in [0.1, 0.15) is 0 Å². The minimum absolute atomic E-state index is 0.0307. The van der Waals surface area contributed by atoms with Crippen molar-refractivity contribution < 1.29 is 19.4 Å². The number of carbonyl (C=O) groups is 2. The predicted molar refractivity (Wildman–Crippen MR) is 74.0 cm³/mol. The maximum absolute atomic E-state index is 11.9. The summed E-state index contributed by atoms with van der Waals surface area (Å²) in [6.45, 7) is 3.67. The first kappa shape index (κ1) is 14.5. The van der Waals surface area contributed by atoms with E-state index >= 15 is 0 Å². The Morgan fingerprint density at radius 1 is 1.50 bits per heavy atom. The van der Waals surface area contributed by atoms with E-state index in [1.54, 1.807) is 19.1 Å². The summed E-state index contributed by atoms with van der Waals surface area (Å²) < 4.78 is 5.29. The summed E-state index contributed by atoms with van der Waals surface area (Å²) in [5.41, 5.74) is 1.47. The van der Waals surface area contributed by atoms with E-state index in [9.17, 15) is 9.59 Å². The lowest BCUT2D eigenvalue weighted by Crippen LogP contribution is -2.43. The molecule has 1 amide bonds. The molecule has 1 aliphatic heterocycles. The molecule has 1 fully saturated rings. The van der Waals surface area contributed by atoms with Crippen molar-refractivity contribution in [2.45, 2.75) is 19.4 Å². The van der Waals surface area contributed by atoms with E-state index in [0.29, 0.717) is 30.9 Å². The van der Waals surface area contributed by atoms with Gasteiger partial charge >= 0.3 is 5.97 Å². The van der Waals surface area contributed by atoms with Gasteiger partial charge in [-0.2, -0.15) is 0 Å². The summed E-state index contributed by atoms with van der Waals surface area (Å²) in [4.78, 5) is 22.8. The third kappa shape index (κ3) is 3.79. The lowest BCUT2D eigenvalue weighted by atomic mass is 10.1. The minimum atomic E-state index is -0.969. The van der Waals surface area contributed by atoms with E-state index in [1.807, 2.05) is 0 Å². The number of nitrogens with one attached hydrogen (secondary N) is 2. The average Bonchev–Trinajstić information content (AvgIpc) is 2.39. The van der Waals surface area contributed by atoms with Gasteiger partial charge < -0.3 is 20.5 Å². The van der Waals surface area contributed by atoms with Crippen LogP contribution in [0.25, 0.3) is 0 Å². The predicted octanol–water partition coefficient (Wildman–Crippen LogP) is 1.01. The zero-order valence-electron chi connectivity index (χ0n) is 11.3. The summed E-state index contributed by atoms with van der Waals surface area (Å²) in [7, 11) is 0. The molecule has 1 unspecified atom stereocenters. The lowest BCUT2D eigenvalue weighted by molar-refractivity contribution is -0.117. The zero-order chi connectivity index (χ0) is 14.5. The number of hydrogen-bond donors (Lipinski definition) is 3. The molecule has 108 valence electrons. The van der Waals surface area contributed by atoms with Crippen LogP contribution in [0.3, 0.4) is 0 Å². The monoisotopic (exact) mass is 278 g/mol. The minimum Gasteiger partial charge on any atom is -0.478 e. The third-order valence-corrected chi connectivity index (χ3v) is 3.17. The number of morpholine rings is 1. The van der Waals surface area contributed by atoms with Crippen LogP contribution in [0.2, 0.25) is 0 Å². The van der Waals surface area contributed by atoms with Gasteiger partial charge in [-0.05, 0) is 30.7 Å². The number of rotatable bonds is 4. The van der Waals surface area contributed by atoms with Gasteiger partial charge in [0, 0.05) is 24.7 Å². The number of amides is 1. The molecule has 1 atom stereocenters. The standard InChI is InChI=1S/C14H18N2O4/c1-9-6-10(2-3-12(9)14(18)19)16-13(17)7-11-8-20-5-4-15-11/h2-3,6,11,15H,4-5,7-8H2,1H3,(H,16,17)(H,18,19). The van der Waals surface area contributed by atoms with Gasteiger partial charge in [0.25, 0.3) is 0 Å². The van der Waals surface area contributed by atoms with Crippen molar-refractivity contribution in [2.75, 3.05) is 25.1 Å². The van der Waals surface area contributed by atoms with Crippen molar-refractivity contribution in [1.29, 1.82) is 0 Å². The number of carbonyl (C=O) groups excluding carboxylic acids is 1. The molecular weight excluding hydrogens is 260 g/mol. The molecule has 2 rings (SSSR count). The first-order chi connectivity index (χ1) is 9.56. The van der Waals surface area contributed by atoms with Crippen LogP contribution in [-0.2, 0) is 9.53 Å². The Morgan fingerprint density at radius 3 is 2.90 bits per heavy atom. The second kappa shape index (κ2) is 6.49. The van der Waals surface area contributed by atoms with E-state index in [-0.39, 0.29) is 17.5 Å². The SMILES string of the molecule is Cc1cc(NC(=O)CC2COCCN2)ccc1C(=O)O. The van der Waals surface area contributed by atoms with Crippen LogP contribution in [-0.4, -0.2) is 42.8 Å². The molecule has 0 saturated carbocycles. The number of aryl methyl sites for hydroxylation is 1. The van der Waals surface area contributed by atoms with Crippen LogP contribution < -0.4 is 10.6 Å². The maximum Gasteiger partial charge on any atom is 0.335 e. The number of aromatic carboxylic acids is 1. The van der Waals surface area contributed by atoms with E-state index in [2.05, 4.69) is 10.6 Å². The van der Waals surface area contributed by atoms with Crippen LogP contribution in [0.1, 0.15) is 22.3 Å². The fourth-order valence-corrected chi connectivity index (χ4v) is 2.17. The number of benzene rings is 1. The zero-order valence-corrected chi connectivity index (χ0v) is 11.3. The highest BCUT2D eigenvalue weighted by Crippen LogP contribution is 2.15. The van der Waals surface area contributed by atoms with E-state index < -0.39 is 5.97 Å². The summed E-state index contributed by atoms with van der Waals surface area (Å²) in [5, 5.41) is 14.9. The molecule has 0 bridgehead atoms. The Labute approximate surface area is 117 Å². The molecule has 0 aliphatic carbocycles. The average molecular weight is 278 g/mol. The second-order valence-corrected chi connectivity index (χ2v) is 4.81. The first-order valence-electron chi connectivity index (χ1n) is 6.51. The highest BCUT2D eigenvalue weighted by molar-refractivity contribution is 5.93. The van der Waals surface area contributed by atoms with E-state index in [0.717, 1.165) is 6.54 Å². The molecule has 6 heteroatoms. The van der Waals surface area contributed by atoms with Gasteiger partial charge in [-0.3, -0.25) is 4.79 Å². The first-order valence-corrected chi connectivity index (χ1v) is 6.51. The van der Waals surface area contributed by atoms with Crippen LogP contribution in [0.5, 0.6) is 0 Å². The Kier molecular flexibility index (Phi) is 4.70. The van der Waals surface area contributed by atoms with Crippen molar-refractivity contribution >= 4 is 17.6 Å². The van der Waals surface area contributed by atoms with Gasteiger partial charge in [0.15, 0.2) is 0 Å². The van der Waals surface area contributed by atoms with Crippen molar-refractivity contribution in [1.82, 2.24) is 5.32 Å². The third-order valence-electron chi connectivity index (χ3n) is 3.17. The van der Waals surface area contributed by atoms with E-state index in [1.165, 1.54) is 6.07 Å². The number of hydrogen-bond acceptors (Lipinski definition) is 4. The molecule has 0 aromatic heterocycles. The number of carboxylic acids is 1. The maximum atomic E-state index is 11.9. The number of ether oxygens (including phenoxy) is 1. The Morgan fingerprint density at radius 2 is 2.30 bits per heavy atom. The summed E-state index contributed by atoms with van der Waals surface area (Å²) in [5.74, 6) is -1.08. The van der Waals surface area contributed by atoms with Crippen molar-refractivity contribution in [3.05, 3.63) is 29.3 Å². The Bertz CT molecular complexity index is 510. The Hall–Kier alpha value is -1.92. The molecule has 3 N–H and O–H groups in total. The molecule has 6 nitrogen and oxygen atoms in total. The van der Waals surface area contributed by atoms with Gasteiger partial charge in [-0.25, -0.2) is 4.79 Å². The van der Waals surface area contributed by atoms with Crippen LogP contribution in [0, 0.1) is 6.92 Å². The highest BCUT2D eigenvalue weighted by atomic mass is 16.5. The normalized spacial score (nSPS) is 18.6. The van der Waals surface area contributed by atoms with Crippen LogP contribution >= 0.6 is 0 Å². The van der Waals surface area contributed by atoms with Gasteiger partial charge in [-0.1, -0.05) is 0 Å². The lowest BCUT2D eigenvalue weighted by Gasteiger charge is -2.23. The van der Waals surface area contributed by atoms with Crippen molar-refractivity contribution in [2.24, 2.45) is 0 Å². The van der Waals surface area contributed by atoms with E-state index in [4.69, 9.17) is 9.84 Å². The molecule has 0 radical (unpaired) electrons. The second-order valence-electron chi connectivity index (χ2n) is 4.81. The number of anilines is 1. The van der Waals surface area contributed by atoms with Gasteiger partial charge in [0.2, 0.25) is 5.91 Å². The quantitative estimate of drug-likeness (QED) is 0.765. The topological polar surface area (TPSA) is 87.7 Å². The largest absolute Gasteiger partial charge is 0.478 e. The smallest absolute Gasteiger partial charge is 0.335 e. The summed E-state index contributed by atoms with van der Waals surface area (Å²) in [6, 6.07) is 4.78. The van der Waals surface area contributed by atoms with Crippen molar-refractivity contribution in [3.63, 3.8) is 0 Å². The van der Waals surface area contributed by atoms with Gasteiger partial charge in [0.05, 0.1) is 18.8 Å². The fourth-order valence-electron chi connectivity index (χ4n) is 2.17. The highest BCUT2D eigenvalue weighted by Gasteiger charge is 2.17. The molecule has 1 aliphatic rings. The molecule has 1 aromatic rings. The Balaban J connectivity index is 1.93. The molecule has 1 aromatic carbocycles.